The van der Waals surface area contributed by atoms with Crippen molar-refractivity contribution in [3.8, 4) is 0 Å². The molecule has 0 aliphatic heterocycles. The maximum absolute atomic E-state index is 13.5. The van der Waals surface area contributed by atoms with Crippen LogP contribution in [0, 0.1) is 11.6 Å². The fourth-order valence-corrected chi connectivity index (χ4v) is 2.80. The average molecular weight is 309 g/mol. The SMILES string of the molecule is CN(Cc1ccc(F)cc1F)C(=O)CCCc1cccs1. The highest BCUT2D eigenvalue weighted by molar-refractivity contribution is 7.09. The van der Waals surface area contributed by atoms with Crippen molar-refractivity contribution in [3.05, 3.63) is 57.8 Å². The van der Waals surface area contributed by atoms with Crippen molar-refractivity contribution in [3.63, 3.8) is 0 Å². The van der Waals surface area contributed by atoms with Gasteiger partial charge in [-0.3, -0.25) is 4.79 Å². The van der Waals surface area contributed by atoms with E-state index < -0.39 is 11.6 Å². The molecule has 21 heavy (non-hydrogen) atoms. The van der Waals surface area contributed by atoms with Gasteiger partial charge in [0.25, 0.3) is 0 Å². The predicted octanol–water partition coefficient (Wildman–Crippen LogP) is 4.01. The number of carbonyl (C=O) groups excluding carboxylic acids is 1. The van der Waals surface area contributed by atoms with Crippen LogP contribution in [0.4, 0.5) is 8.78 Å². The third-order valence-corrected chi connectivity index (χ3v) is 4.18. The molecule has 0 saturated heterocycles. The smallest absolute Gasteiger partial charge is 0.222 e. The zero-order valence-corrected chi connectivity index (χ0v) is 12.6. The number of aryl methyl sites for hydroxylation is 1. The van der Waals surface area contributed by atoms with Gasteiger partial charge in [-0.2, -0.15) is 0 Å². The van der Waals surface area contributed by atoms with E-state index in [1.165, 1.54) is 21.9 Å². The number of nitrogens with zero attached hydrogens (tertiary/aromatic N) is 1. The van der Waals surface area contributed by atoms with E-state index >= 15 is 0 Å². The Hall–Kier alpha value is -1.75. The first kappa shape index (κ1) is 15.6. The Balaban J connectivity index is 1.81. The maximum Gasteiger partial charge on any atom is 0.222 e. The monoisotopic (exact) mass is 309 g/mol. The van der Waals surface area contributed by atoms with Gasteiger partial charge in [0.05, 0.1) is 0 Å². The quantitative estimate of drug-likeness (QED) is 0.789. The van der Waals surface area contributed by atoms with Gasteiger partial charge in [-0.25, -0.2) is 8.78 Å². The van der Waals surface area contributed by atoms with Crippen molar-refractivity contribution >= 4 is 17.2 Å². The van der Waals surface area contributed by atoms with Gasteiger partial charge in [0.15, 0.2) is 0 Å². The van der Waals surface area contributed by atoms with Gasteiger partial charge in [0.1, 0.15) is 11.6 Å². The van der Waals surface area contributed by atoms with E-state index in [1.807, 2.05) is 17.5 Å². The van der Waals surface area contributed by atoms with Crippen molar-refractivity contribution in [2.24, 2.45) is 0 Å². The normalized spacial score (nSPS) is 10.6. The summed E-state index contributed by atoms with van der Waals surface area (Å²) in [4.78, 5) is 14.7. The maximum atomic E-state index is 13.5. The Morgan fingerprint density at radius 2 is 2.10 bits per heavy atom. The minimum Gasteiger partial charge on any atom is -0.341 e. The molecule has 0 aliphatic carbocycles. The summed E-state index contributed by atoms with van der Waals surface area (Å²) in [5.41, 5.74) is 0.325. The highest BCUT2D eigenvalue weighted by Crippen LogP contribution is 2.14. The van der Waals surface area contributed by atoms with Crippen LogP contribution >= 0.6 is 11.3 Å². The lowest BCUT2D eigenvalue weighted by Gasteiger charge is -2.17. The lowest BCUT2D eigenvalue weighted by Crippen LogP contribution is -2.26. The molecule has 1 aromatic heterocycles. The summed E-state index contributed by atoms with van der Waals surface area (Å²) >= 11 is 1.68. The van der Waals surface area contributed by atoms with E-state index in [9.17, 15) is 13.6 Å². The molecule has 2 rings (SSSR count). The Morgan fingerprint density at radius 1 is 1.29 bits per heavy atom. The topological polar surface area (TPSA) is 20.3 Å². The van der Waals surface area contributed by atoms with Crippen molar-refractivity contribution in [2.75, 3.05) is 7.05 Å². The van der Waals surface area contributed by atoms with E-state index in [-0.39, 0.29) is 12.5 Å². The second-order valence-corrected chi connectivity index (χ2v) is 5.95. The minimum absolute atomic E-state index is 0.0321. The lowest BCUT2D eigenvalue weighted by molar-refractivity contribution is -0.130. The first-order chi connectivity index (χ1) is 10.1. The summed E-state index contributed by atoms with van der Waals surface area (Å²) in [5, 5.41) is 2.01. The number of halogens is 2. The van der Waals surface area contributed by atoms with Crippen LogP contribution in [-0.2, 0) is 17.8 Å². The molecule has 0 atom stereocenters. The minimum atomic E-state index is -0.617. The third kappa shape index (κ3) is 4.63. The zero-order valence-electron chi connectivity index (χ0n) is 11.8. The summed E-state index contributed by atoms with van der Waals surface area (Å²) in [6.45, 7) is 0.157. The van der Waals surface area contributed by atoms with Crippen LogP contribution in [0.25, 0.3) is 0 Å². The summed E-state index contributed by atoms with van der Waals surface area (Å²) in [6.07, 6.45) is 2.08. The summed E-state index contributed by atoms with van der Waals surface area (Å²) < 4.78 is 26.4. The fourth-order valence-electron chi connectivity index (χ4n) is 2.05. The molecular weight excluding hydrogens is 292 g/mol. The van der Waals surface area contributed by atoms with Crippen LogP contribution in [-0.4, -0.2) is 17.9 Å². The van der Waals surface area contributed by atoms with E-state index in [1.54, 1.807) is 18.4 Å². The highest BCUT2D eigenvalue weighted by atomic mass is 32.1. The number of rotatable bonds is 6. The van der Waals surface area contributed by atoms with E-state index in [0.29, 0.717) is 12.0 Å². The Labute approximate surface area is 127 Å². The third-order valence-electron chi connectivity index (χ3n) is 3.24. The molecule has 0 fully saturated rings. The molecule has 112 valence electrons. The molecule has 2 aromatic rings. The molecule has 2 nitrogen and oxygen atoms in total. The summed E-state index contributed by atoms with van der Waals surface area (Å²) in [5.74, 6) is -1.26. The molecule has 0 radical (unpaired) electrons. The molecule has 0 spiro atoms. The van der Waals surface area contributed by atoms with E-state index in [2.05, 4.69) is 0 Å². The largest absolute Gasteiger partial charge is 0.341 e. The van der Waals surface area contributed by atoms with Crippen molar-refractivity contribution in [2.45, 2.75) is 25.8 Å². The fraction of sp³-hybridized carbons (Fsp3) is 0.312. The average Bonchev–Trinajstić information content (AvgIpc) is 2.95. The van der Waals surface area contributed by atoms with Gasteiger partial charge in [0, 0.05) is 36.5 Å². The number of amides is 1. The first-order valence-corrected chi connectivity index (χ1v) is 7.64. The summed E-state index contributed by atoms with van der Waals surface area (Å²) in [7, 11) is 1.64. The van der Waals surface area contributed by atoms with Crippen LogP contribution in [0.2, 0.25) is 0 Å². The molecule has 0 saturated carbocycles. The zero-order chi connectivity index (χ0) is 15.2. The van der Waals surface area contributed by atoms with Crippen LogP contribution in [0.1, 0.15) is 23.3 Å². The molecule has 1 heterocycles. The van der Waals surface area contributed by atoms with Gasteiger partial charge in [-0.15, -0.1) is 11.3 Å². The van der Waals surface area contributed by atoms with Crippen LogP contribution in [0.15, 0.2) is 35.7 Å². The molecule has 0 bridgehead atoms. The standard InChI is InChI=1S/C16H17F2NOS/c1-19(11-12-7-8-13(17)10-15(12)18)16(20)6-2-4-14-5-3-9-21-14/h3,5,7-10H,2,4,6,11H2,1H3. The van der Waals surface area contributed by atoms with Crippen molar-refractivity contribution < 1.29 is 13.6 Å². The molecule has 0 unspecified atom stereocenters. The van der Waals surface area contributed by atoms with E-state index in [0.717, 1.165) is 18.9 Å². The van der Waals surface area contributed by atoms with E-state index in [4.69, 9.17) is 0 Å². The number of hydrogen-bond donors (Lipinski definition) is 0. The number of thiophene rings is 1. The Morgan fingerprint density at radius 3 is 2.76 bits per heavy atom. The lowest BCUT2D eigenvalue weighted by atomic mass is 10.1. The van der Waals surface area contributed by atoms with Gasteiger partial charge >= 0.3 is 0 Å². The van der Waals surface area contributed by atoms with Crippen LogP contribution in [0.3, 0.4) is 0 Å². The second kappa shape index (κ2) is 7.31. The Kier molecular flexibility index (Phi) is 5.44. The molecule has 0 aliphatic rings. The predicted molar refractivity (Wildman–Crippen MR) is 80.1 cm³/mol. The second-order valence-electron chi connectivity index (χ2n) is 4.92. The van der Waals surface area contributed by atoms with Gasteiger partial charge in [0.2, 0.25) is 5.91 Å². The highest BCUT2D eigenvalue weighted by Gasteiger charge is 2.12. The first-order valence-electron chi connectivity index (χ1n) is 6.76. The number of hydrogen-bond acceptors (Lipinski definition) is 2. The van der Waals surface area contributed by atoms with Gasteiger partial charge < -0.3 is 4.90 Å². The number of carbonyl (C=O) groups is 1. The van der Waals surface area contributed by atoms with Gasteiger partial charge in [-0.1, -0.05) is 12.1 Å². The van der Waals surface area contributed by atoms with Crippen molar-refractivity contribution in [1.29, 1.82) is 0 Å². The molecule has 1 amide bonds. The van der Waals surface area contributed by atoms with Crippen molar-refractivity contribution in [1.82, 2.24) is 4.90 Å². The number of benzene rings is 1. The van der Waals surface area contributed by atoms with Gasteiger partial charge in [-0.05, 0) is 30.4 Å². The molecule has 0 N–H and O–H groups in total. The molecule has 5 heteroatoms. The Bertz CT molecular complexity index is 598. The van der Waals surface area contributed by atoms with Crippen LogP contribution in [0.5, 0.6) is 0 Å². The molecule has 1 aromatic carbocycles. The summed E-state index contributed by atoms with van der Waals surface area (Å²) in [6, 6.07) is 7.45. The molecular formula is C16H17F2NOS. The van der Waals surface area contributed by atoms with Crippen LogP contribution < -0.4 is 0 Å².